The van der Waals surface area contributed by atoms with E-state index in [1.165, 1.54) is 6.07 Å². The van der Waals surface area contributed by atoms with Crippen LogP contribution in [0.15, 0.2) is 36.4 Å². The number of hydrogen-bond acceptors (Lipinski definition) is 8. The van der Waals surface area contributed by atoms with Gasteiger partial charge in [-0.2, -0.15) is 9.61 Å². The second kappa shape index (κ2) is 9.71. The molecule has 0 spiro atoms. The fourth-order valence-corrected chi connectivity index (χ4v) is 3.46. The van der Waals surface area contributed by atoms with Crippen LogP contribution in [0, 0.1) is 10.1 Å². The van der Waals surface area contributed by atoms with Crippen molar-refractivity contribution in [3.63, 3.8) is 0 Å². The Bertz CT molecular complexity index is 1050. The third-order valence-electron chi connectivity index (χ3n) is 5.05. The summed E-state index contributed by atoms with van der Waals surface area (Å²) in [4.78, 5) is 17.8. The average molecular weight is 426 g/mol. The standard InChI is InChI=1S/C21H26N6O4/c1-2-3-10-31-15-16-13-20-23-19(22-17-6-4-5-7-18(17)27(28)29)14-21(26(20)24-16)25-8-11-30-12-9-25/h4-7,13-14H,2-3,8-12,15H2,1H3,(H,22,23). The van der Waals surface area contributed by atoms with Crippen LogP contribution in [0.5, 0.6) is 0 Å². The molecule has 0 saturated carbocycles. The van der Waals surface area contributed by atoms with Gasteiger partial charge >= 0.3 is 0 Å². The first-order valence-electron chi connectivity index (χ1n) is 10.5. The highest BCUT2D eigenvalue weighted by Crippen LogP contribution is 2.29. The number of nitro benzene ring substituents is 1. The van der Waals surface area contributed by atoms with Gasteiger partial charge in [0, 0.05) is 37.9 Å². The van der Waals surface area contributed by atoms with Gasteiger partial charge in [-0.3, -0.25) is 10.1 Å². The largest absolute Gasteiger partial charge is 0.378 e. The van der Waals surface area contributed by atoms with E-state index in [0.717, 1.165) is 37.4 Å². The van der Waals surface area contributed by atoms with E-state index in [1.54, 1.807) is 22.7 Å². The van der Waals surface area contributed by atoms with Gasteiger partial charge in [0.1, 0.15) is 17.3 Å². The quantitative estimate of drug-likeness (QED) is 0.315. The molecular weight excluding hydrogens is 400 g/mol. The van der Waals surface area contributed by atoms with Crippen LogP contribution in [-0.2, 0) is 16.1 Å². The zero-order chi connectivity index (χ0) is 21.6. The van der Waals surface area contributed by atoms with Crippen molar-refractivity contribution in [1.82, 2.24) is 14.6 Å². The molecule has 2 aromatic heterocycles. The molecular formula is C21H26N6O4. The lowest BCUT2D eigenvalue weighted by atomic mass is 10.2. The normalized spacial score (nSPS) is 14.2. The first-order chi connectivity index (χ1) is 15.2. The summed E-state index contributed by atoms with van der Waals surface area (Å²) in [7, 11) is 0. The van der Waals surface area contributed by atoms with Crippen molar-refractivity contribution in [2.75, 3.05) is 43.1 Å². The Morgan fingerprint density at radius 2 is 2.06 bits per heavy atom. The molecule has 3 heterocycles. The highest BCUT2D eigenvalue weighted by Gasteiger charge is 2.19. The number of aromatic nitrogens is 3. The smallest absolute Gasteiger partial charge is 0.292 e. The fraction of sp³-hybridized carbons (Fsp3) is 0.429. The summed E-state index contributed by atoms with van der Waals surface area (Å²) in [5.41, 5.74) is 1.83. The summed E-state index contributed by atoms with van der Waals surface area (Å²) in [5, 5.41) is 19.2. The van der Waals surface area contributed by atoms with E-state index >= 15 is 0 Å². The van der Waals surface area contributed by atoms with Crippen LogP contribution in [0.25, 0.3) is 5.65 Å². The van der Waals surface area contributed by atoms with Gasteiger partial charge in [-0.05, 0) is 12.5 Å². The Morgan fingerprint density at radius 3 is 2.84 bits per heavy atom. The van der Waals surface area contributed by atoms with Crippen molar-refractivity contribution in [3.8, 4) is 0 Å². The summed E-state index contributed by atoms with van der Waals surface area (Å²) in [6.45, 7) is 5.95. The maximum absolute atomic E-state index is 11.4. The van der Waals surface area contributed by atoms with E-state index in [9.17, 15) is 10.1 Å². The van der Waals surface area contributed by atoms with E-state index in [-0.39, 0.29) is 5.69 Å². The van der Waals surface area contributed by atoms with Gasteiger partial charge in [0.15, 0.2) is 5.65 Å². The number of nitrogens with one attached hydrogen (secondary N) is 1. The summed E-state index contributed by atoms with van der Waals surface area (Å²) in [5.74, 6) is 1.37. The third-order valence-corrected chi connectivity index (χ3v) is 5.05. The predicted molar refractivity (Wildman–Crippen MR) is 117 cm³/mol. The first kappa shape index (κ1) is 21.0. The molecule has 0 bridgehead atoms. The van der Waals surface area contributed by atoms with Gasteiger partial charge in [0.25, 0.3) is 5.69 Å². The van der Waals surface area contributed by atoms with Crippen molar-refractivity contribution >= 4 is 28.7 Å². The molecule has 1 aromatic carbocycles. The van der Waals surface area contributed by atoms with Crippen LogP contribution < -0.4 is 10.2 Å². The maximum Gasteiger partial charge on any atom is 0.292 e. The minimum absolute atomic E-state index is 0.00406. The molecule has 4 rings (SSSR count). The molecule has 0 radical (unpaired) electrons. The number of ether oxygens (including phenoxy) is 2. The minimum Gasteiger partial charge on any atom is -0.378 e. The number of fused-ring (bicyclic) bond motifs is 1. The molecule has 0 atom stereocenters. The van der Waals surface area contributed by atoms with Crippen molar-refractivity contribution < 1.29 is 14.4 Å². The molecule has 164 valence electrons. The number of hydrogen-bond donors (Lipinski definition) is 1. The average Bonchev–Trinajstić information content (AvgIpc) is 3.20. The molecule has 1 N–H and O–H groups in total. The molecule has 0 unspecified atom stereocenters. The number of morpholine rings is 1. The number of nitro groups is 1. The van der Waals surface area contributed by atoms with E-state index in [2.05, 4.69) is 22.1 Å². The van der Waals surface area contributed by atoms with E-state index < -0.39 is 4.92 Å². The number of nitrogens with zero attached hydrogens (tertiary/aromatic N) is 5. The fourth-order valence-electron chi connectivity index (χ4n) is 3.46. The lowest BCUT2D eigenvalue weighted by molar-refractivity contribution is -0.383. The number of para-hydroxylation sites is 2. The van der Waals surface area contributed by atoms with Crippen molar-refractivity contribution in [3.05, 3.63) is 52.2 Å². The molecule has 31 heavy (non-hydrogen) atoms. The molecule has 1 saturated heterocycles. The summed E-state index contributed by atoms with van der Waals surface area (Å²) < 4.78 is 13.0. The molecule has 1 fully saturated rings. The van der Waals surface area contributed by atoms with E-state index in [4.69, 9.17) is 14.6 Å². The Morgan fingerprint density at radius 1 is 1.26 bits per heavy atom. The zero-order valence-corrected chi connectivity index (χ0v) is 17.5. The molecule has 3 aromatic rings. The highest BCUT2D eigenvalue weighted by atomic mass is 16.6. The number of unbranched alkanes of at least 4 members (excludes halogenated alkanes) is 1. The summed E-state index contributed by atoms with van der Waals surface area (Å²) >= 11 is 0. The van der Waals surface area contributed by atoms with Crippen LogP contribution in [0.3, 0.4) is 0 Å². The second-order valence-corrected chi connectivity index (χ2v) is 7.31. The summed E-state index contributed by atoms with van der Waals surface area (Å²) in [6, 6.07) is 10.3. The van der Waals surface area contributed by atoms with Crippen molar-refractivity contribution in [2.24, 2.45) is 0 Å². The second-order valence-electron chi connectivity index (χ2n) is 7.31. The van der Waals surface area contributed by atoms with Gasteiger partial charge < -0.3 is 19.7 Å². The van der Waals surface area contributed by atoms with E-state index in [0.29, 0.717) is 43.6 Å². The SMILES string of the molecule is CCCCOCc1cc2nc(Nc3ccccc3[N+](=O)[O-])cc(N3CCOCC3)n2n1. The third kappa shape index (κ3) is 4.92. The minimum atomic E-state index is -0.408. The Kier molecular flexibility index (Phi) is 6.58. The lowest BCUT2D eigenvalue weighted by Gasteiger charge is -2.29. The van der Waals surface area contributed by atoms with Crippen molar-refractivity contribution in [2.45, 2.75) is 26.4 Å². The first-order valence-corrected chi connectivity index (χ1v) is 10.5. The molecule has 10 nitrogen and oxygen atoms in total. The van der Waals surface area contributed by atoms with Gasteiger partial charge in [0.2, 0.25) is 0 Å². The number of anilines is 3. The van der Waals surface area contributed by atoms with Crippen molar-refractivity contribution in [1.29, 1.82) is 0 Å². The summed E-state index contributed by atoms with van der Waals surface area (Å²) in [6.07, 6.45) is 2.09. The predicted octanol–water partition coefficient (Wildman–Crippen LogP) is 3.53. The number of rotatable bonds is 9. The lowest BCUT2D eigenvalue weighted by Crippen LogP contribution is -2.37. The molecule has 1 aliphatic rings. The van der Waals surface area contributed by atoms with Crippen LogP contribution in [0.1, 0.15) is 25.5 Å². The molecule has 0 aliphatic carbocycles. The monoisotopic (exact) mass is 426 g/mol. The van der Waals surface area contributed by atoms with Gasteiger partial charge in [0.05, 0.1) is 30.4 Å². The van der Waals surface area contributed by atoms with Crippen LogP contribution >= 0.6 is 0 Å². The van der Waals surface area contributed by atoms with Crippen LogP contribution in [0.2, 0.25) is 0 Å². The maximum atomic E-state index is 11.4. The van der Waals surface area contributed by atoms with Gasteiger partial charge in [-0.15, -0.1) is 0 Å². The molecule has 1 aliphatic heterocycles. The number of benzene rings is 1. The van der Waals surface area contributed by atoms with E-state index in [1.807, 2.05) is 12.1 Å². The molecule has 0 amide bonds. The van der Waals surface area contributed by atoms with Gasteiger partial charge in [-0.1, -0.05) is 25.5 Å². The Balaban J connectivity index is 1.68. The topological polar surface area (TPSA) is 107 Å². The Hall–Kier alpha value is -3.24. The highest BCUT2D eigenvalue weighted by molar-refractivity contribution is 5.70. The van der Waals surface area contributed by atoms with Gasteiger partial charge in [-0.25, -0.2) is 4.98 Å². The Labute approximate surface area is 179 Å². The van der Waals surface area contributed by atoms with Crippen LogP contribution in [0.4, 0.5) is 23.0 Å². The van der Waals surface area contributed by atoms with Crippen LogP contribution in [-0.4, -0.2) is 52.4 Å². The zero-order valence-electron chi connectivity index (χ0n) is 17.5. The molecule has 10 heteroatoms.